The first-order valence-corrected chi connectivity index (χ1v) is 6.40. The van der Waals surface area contributed by atoms with Crippen molar-refractivity contribution in [3.63, 3.8) is 0 Å². The number of hydrazine groups is 1. The van der Waals surface area contributed by atoms with Gasteiger partial charge >= 0.3 is 0 Å². The van der Waals surface area contributed by atoms with Crippen molar-refractivity contribution in [2.24, 2.45) is 5.84 Å². The Balaban J connectivity index is 2.09. The van der Waals surface area contributed by atoms with Gasteiger partial charge in [-0.15, -0.1) is 6.58 Å². The van der Waals surface area contributed by atoms with Crippen LogP contribution in [0.4, 0.5) is 0 Å². The Kier molecular flexibility index (Phi) is 3.97. The summed E-state index contributed by atoms with van der Waals surface area (Å²) in [5, 5.41) is 0. The third-order valence-electron chi connectivity index (χ3n) is 3.76. The molecule has 2 rings (SSSR count). The van der Waals surface area contributed by atoms with E-state index in [-0.39, 0.29) is 0 Å². The lowest BCUT2D eigenvalue weighted by atomic mass is 9.90. The van der Waals surface area contributed by atoms with E-state index in [1.54, 1.807) is 0 Å². The molecule has 1 aromatic rings. The number of nitrogens with one attached hydrogen (secondary N) is 1. The minimum Gasteiger partial charge on any atom is -0.271 e. The molecule has 0 bridgehead atoms. The summed E-state index contributed by atoms with van der Waals surface area (Å²) >= 11 is 0. The first-order valence-electron chi connectivity index (χ1n) is 6.40. The van der Waals surface area contributed by atoms with Crippen LogP contribution in [0.25, 0.3) is 0 Å². The standard InChI is InChI=1S/C15H22N2/c1-11(2)7-10-15(17-16)14-9-8-12-5-3-4-6-13(12)14/h3-6,14-15,17H,1,7-10,16H2,2H3. The van der Waals surface area contributed by atoms with Crippen LogP contribution in [0.15, 0.2) is 36.4 Å². The van der Waals surface area contributed by atoms with E-state index >= 15 is 0 Å². The second-order valence-electron chi connectivity index (χ2n) is 5.11. The van der Waals surface area contributed by atoms with Gasteiger partial charge in [0.05, 0.1) is 0 Å². The maximum atomic E-state index is 5.72. The largest absolute Gasteiger partial charge is 0.271 e. The minimum absolute atomic E-state index is 0.371. The first kappa shape index (κ1) is 12.3. The molecule has 1 aliphatic carbocycles. The van der Waals surface area contributed by atoms with Gasteiger partial charge in [-0.1, -0.05) is 29.8 Å². The van der Waals surface area contributed by atoms with Crippen molar-refractivity contribution in [1.29, 1.82) is 0 Å². The van der Waals surface area contributed by atoms with Crippen LogP contribution >= 0.6 is 0 Å². The monoisotopic (exact) mass is 230 g/mol. The number of fused-ring (bicyclic) bond motifs is 1. The molecule has 2 heteroatoms. The van der Waals surface area contributed by atoms with Crippen LogP contribution in [0, 0.1) is 0 Å². The van der Waals surface area contributed by atoms with Crippen LogP contribution in [0.3, 0.4) is 0 Å². The van der Waals surface area contributed by atoms with Crippen molar-refractivity contribution in [2.75, 3.05) is 0 Å². The van der Waals surface area contributed by atoms with Gasteiger partial charge in [-0.2, -0.15) is 0 Å². The normalized spacial score (nSPS) is 20.0. The van der Waals surface area contributed by atoms with Gasteiger partial charge in [0.2, 0.25) is 0 Å². The van der Waals surface area contributed by atoms with E-state index in [4.69, 9.17) is 5.84 Å². The van der Waals surface area contributed by atoms with Gasteiger partial charge in [-0.3, -0.25) is 11.3 Å². The number of allylic oxidation sites excluding steroid dienone is 1. The average molecular weight is 230 g/mol. The zero-order valence-electron chi connectivity index (χ0n) is 10.6. The number of aryl methyl sites for hydroxylation is 1. The highest BCUT2D eigenvalue weighted by molar-refractivity contribution is 5.36. The molecule has 0 amide bonds. The highest BCUT2D eigenvalue weighted by Gasteiger charge is 2.28. The zero-order valence-corrected chi connectivity index (χ0v) is 10.6. The topological polar surface area (TPSA) is 38.0 Å². The van der Waals surface area contributed by atoms with Crippen LogP contribution in [0.5, 0.6) is 0 Å². The summed E-state index contributed by atoms with van der Waals surface area (Å²) < 4.78 is 0. The van der Waals surface area contributed by atoms with Gasteiger partial charge in [0.15, 0.2) is 0 Å². The van der Waals surface area contributed by atoms with Gasteiger partial charge in [0.25, 0.3) is 0 Å². The molecule has 0 saturated heterocycles. The van der Waals surface area contributed by atoms with Crippen molar-refractivity contribution < 1.29 is 0 Å². The lowest BCUT2D eigenvalue weighted by Crippen LogP contribution is -2.39. The number of hydrogen-bond donors (Lipinski definition) is 2. The van der Waals surface area contributed by atoms with Crippen molar-refractivity contribution >= 4 is 0 Å². The molecular formula is C15H22N2. The van der Waals surface area contributed by atoms with Crippen LogP contribution in [0.2, 0.25) is 0 Å². The van der Waals surface area contributed by atoms with E-state index in [2.05, 4.69) is 43.2 Å². The third kappa shape index (κ3) is 2.76. The fourth-order valence-corrected chi connectivity index (χ4v) is 2.81. The molecule has 2 atom stereocenters. The van der Waals surface area contributed by atoms with E-state index in [0.717, 1.165) is 12.8 Å². The number of hydrogen-bond acceptors (Lipinski definition) is 2. The van der Waals surface area contributed by atoms with E-state index in [0.29, 0.717) is 12.0 Å². The predicted molar refractivity (Wildman–Crippen MR) is 72.7 cm³/mol. The highest BCUT2D eigenvalue weighted by Crippen LogP contribution is 2.36. The van der Waals surface area contributed by atoms with Crippen molar-refractivity contribution in [3.8, 4) is 0 Å². The quantitative estimate of drug-likeness (QED) is 0.464. The summed E-state index contributed by atoms with van der Waals surface area (Å²) in [6, 6.07) is 9.11. The molecule has 17 heavy (non-hydrogen) atoms. The molecule has 92 valence electrons. The van der Waals surface area contributed by atoms with E-state index in [9.17, 15) is 0 Å². The Labute approximate surface area is 104 Å². The number of benzene rings is 1. The molecule has 0 spiro atoms. The molecule has 3 N–H and O–H groups in total. The van der Waals surface area contributed by atoms with Gasteiger partial charge in [-0.05, 0) is 43.7 Å². The van der Waals surface area contributed by atoms with Crippen LogP contribution in [-0.4, -0.2) is 6.04 Å². The smallest absolute Gasteiger partial charge is 0.0282 e. The van der Waals surface area contributed by atoms with Crippen LogP contribution in [-0.2, 0) is 6.42 Å². The Morgan fingerprint density at radius 2 is 2.29 bits per heavy atom. The fourth-order valence-electron chi connectivity index (χ4n) is 2.81. The summed E-state index contributed by atoms with van der Waals surface area (Å²) in [7, 11) is 0. The van der Waals surface area contributed by atoms with Gasteiger partial charge in [0, 0.05) is 12.0 Å². The molecule has 0 aromatic heterocycles. The Hall–Kier alpha value is -1.12. The molecule has 1 aliphatic rings. The van der Waals surface area contributed by atoms with Crippen molar-refractivity contribution in [2.45, 2.75) is 44.6 Å². The van der Waals surface area contributed by atoms with Crippen molar-refractivity contribution in [3.05, 3.63) is 47.5 Å². The Bertz CT molecular complexity index is 398. The predicted octanol–water partition coefficient (Wildman–Crippen LogP) is 2.90. The maximum Gasteiger partial charge on any atom is 0.0282 e. The molecule has 1 aromatic carbocycles. The molecule has 2 nitrogen and oxygen atoms in total. The van der Waals surface area contributed by atoms with Gasteiger partial charge in [-0.25, -0.2) is 0 Å². The summed E-state index contributed by atoms with van der Waals surface area (Å²) in [5.74, 6) is 6.28. The molecule has 0 saturated carbocycles. The number of nitrogens with two attached hydrogens (primary N) is 1. The van der Waals surface area contributed by atoms with E-state index in [1.807, 2.05) is 0 Å². The highest BCUT2D eigenvalue weighted by atomic mass is 15.2. The summed E-state index contributed by atoms with van der Waals surface area (Å²) in [5.41, 5.74) is 7.21. The molecule has 0 fully saturated rings. The number of rotatable bonds is 5. The Morgan fingerprint density at radius 1 is 1.53 bits per heavy atom. The molecular weight excluding hydrogens is 208 g/mol. The second kappa shape index (κ2) is 5.48. The first-order chi connectivity index (χ1) is 8.22. The van der Waals surface area contributed by atoms with Gasteiger partial charge in [0.1, 0.15) is 0 Å². The molecule has 0 heterocycles. The van der Waals surface area contributed by atoms with E-state index < -0.39 is 0 Å². The van der Waals surface area contributed by atoms with Crippen LogP contribution in [0.1, 0.15) is 43.2 Å². The van der Waals surface area contributed by atoms with Crippen LogP contribution < -0.4 is 11.3 Å². The SMILES string of the molecule is C=C(C)CCC(NN)C1CCc2ccccc21. The van der Waals surface area contributed by atoms with Gasteiger partial charge < -0.3 is 0 Å². The average Bonchev–Trinajstić information content (AvgIpc) is 2.74. The lowest BCUT2D eigenvalue weighted by Gasteiger charge is -2.23. The van der Waals surface area contributed by atoms with Crippen molar-refractivity contribution in [1.82, 2.24) is 5.43 Å². The minimum atomic E-state index is 0.371. The summed E-state index contributed by atoms with van der Waals surface area (Å²) in [4.78, 5) is 0. The lowest BCUT2D eigenvalue weighted by molar-refractivity contribution is 0.412. The summed E-state index contributed by atoms with van der Waals surface area (Å²) in [6.07, 6.45) is 4.52. The second-order valence-corrected chi connectivity index (χ2v) is 5.11. The fraction of sp³-hybridized carbons (Fsp3) is 0.467. The molecule has 0 radical (unpaired) electrons. The van der Waals surface area contributed by atoms with E-state index in [1.165, 1.54) is 29.5 Å². The molecule has 2 unspecified atom stereocenters. The third-order valence-corrected chi connectivity index (χ3v) is 3.76. The maximum absolute atomic E-state index is 5.72. The molecule has 0 aliphatic heterocycles. The summed E-state index contributed by atoms with van der Waals surface area (Å²) in [6.45, 7) is 6.04. The Morgan fingerprint density at radius 3 is 3.00 bits per heavy atom. The zero-order chi connectivity index (χ0) is 12.3.